The van der Waals surface area contributed by atoms with E-state index in [4.69, 9.17) is 9.47 Å². The van der Waals surface area contributed by atoms with Gasteiger partial charge in [-0.3, -0.25) is 0 Å². The number of aliphatic hydroxyl groups is 1. The molecule has 2 aliphatic rings. The summed E-state index contributed by atoms with van der Waals surface area (Å²) >= 11 is 0. The molecule has 7 heteroatoms. The van der Waals surface area contributed by atoms with Crippen LogP contribution in [-0.2, 0) is 22.6 Å². The molecule has 0 radical (unpaired) electrons. The van der Waals surface area contributed by atoms with Crippen molar-refractivity contribution in [2.24, 2.45) is 0 Å². The number of piperidine rings is 1. The van der Waals surface area contributed by atoms with Crippen molar-refractivity contribution in [3.05, 3.63) is 70.8 Å². The molecule has 3 atom stereocenters. The number of amides is 2. The van der Waals surface area contributed by atoms with Crippen LogP contribution in [0.1, 0.15) is 67.3 Å². The van der Waals surface area contributed by atoms with Crippen LogP contribution < -0.4 is 10.6 Å². The molecule has 2 saturated heterocycles. The first-order chi connectivity index (χ1) is 16.6. The van der Waals surface area contributed by atoms with Gasteiger partial charge in [0.2, 0.25) is 0 Å². The molecule has 0 bridgehead atoms. The van der Waals surface area contributed by atoms with E-state index < -0.39 is 6.29 Å². The molecule has 184 valence electrons. The lowest BCUT2D eigenvalue weighted by molar-refractivity contribution is -0.253. The molecule has 0 aromatic heterocycles. The largest absolute Gasteiger partial charge is 0.392 e. The highest BCUT2D eigenvalue weighted by Crippen LogP contribution is 2.38. The summed E-state index contributed by atoms with van der Waals surface area (Å²) in [5.41, 5.74) is 4.00. The van der Waals surface area contributed by atoms with E-state index >= 15 is 0 Å². The predicted octanol–water partition coefficient (Wildman–Crippen LogP) is 4.03. The number of likely N-dealkylation sites (tertiary alicyclic amines) is 1. The lowest BCUT2D eigenvalue weighted by atomic mass is 9.99. The van der Waals surface area contributed by atoms with E-state index in [0.717, 1.165) is 48.3 Å². The van der Waals surface area contributed by atoms with Crippen molar-refractivity contribution >= 4 is 6.03 Å². The van der Waals surface area contributed by atoms with Gasteiger partial charge in [-0.25, -0.2) is 4.79 Å². The maximum atomic E-state index is 11.7. The average molecular weight is 468 g/mol. The number of nitrogens with zero attached hydrogens (tertiary/aromatic N) is 1. The number of ether oxygens (including phenoxy) is 2. The Bertz CT molecular complexity index is 897. The zero-order valence-electron chi connectivity index (χ0n) is 20.0. The number of carbonyl (C=O) groups is 1. The molecule has 2 amide bonds. The van der Waals surface area contributed by atoms with E-state index in [-0.39, 0.29) is 24.8 Å². The van der Waals surface area contributed by atoms with Crippen molar-refractivity contribution in [3.8, 4) is 0 Å². The number of hydrogen-bond acceptors (Lipinski definition) is 5. The SMILES string of the molecule is CCNC(=O)NCc1ccc(C2OC(CN3CCCCC3)CC(c3ccc(CO)cc3)O2)cc1. The summed E-state index contributed by atoms with van der Waals surface area (Å²) in [6.45, 7) is 6.18. The highest BCUT2D eigenvalue weighted by Gasteiger charge is 2.33. The second-order valence-electron chi connectivity index (χ2n) is 9.17. The third kappa shape index (κ3) is 6.79. The van der Waals surface area contributed by atoms with Crippen molar-refractivity contribution in [1.29, 1.82) is 0 Å². The highest BCUT2D eigenvalue weighted by atomic mass is 16.7. The maximum Gasteiger partial charge on any atom is 0.315 e. The van der Waals surface area contributed by atoms with Gasteiger partial charge in [-0.1, -0.05) is 55.0 Å². The molecule has 0 saturated carbocycles. The predicted molar refractivity (Wildman–Crippen MR) is 131 cm³/mol. The minimum absolute atomic E-state index is 0.0381. The van der Waals surface area contributed by atoms with Crippen LogP contribution in [0, 0.1) is 0 Å². The van der Waals surface area contributed by atoms with Crippen LogP contribution in [0.25, 0.3) is 0 Å². The first-order valence-electron chi connectivity index (χ1n) is 12.5. The van der Waals surface area contributed by atoms with Crippen LogP contribution in [0.4, 0.5) is 4.79 Å². The van der Waals surface area contributed by atoms with Crippen LogP contribution in [0.5, 0.6) is 0 Å². The lowest BCUT2D eigenvalue weighted by Gasteiger charge is -2.39. The van der Waals surface area contributed by atoms with Gasteiger partial charge in [0.05, 0.1) is 18.8 Å². The van der Waals surface area contributed by atoms with Gasteiger partial charge in [-0.15, -0.1) is 0 Å². The van der Waals surface area contributed by atoms with E-state index in [2.05, 4.69) is 15.5 Å². The molecule has 4 rings (SSSR count). The number of carbonyl (C=O) groups excluding carboxylic acids is 1. The average Bonchev–Trinajstić information content (AvgIpc) is 2.88. The van der Waals surface area contributed by atoms with E-state index in [1.165, 1.54) is 19.3 Å². The zero-order chi connectivity index (χ0) is 23.8. The smallest absolute Gasteiger partial charge is 0.315 e. The van der Waals surface area contributed by atoms with E-state index in [1.54, 1.807) is 0 Å². The number of hydrogen-bond donors (Lipinski definition) is 3. The summed E-state index contributed by atoms with van der Waals surface area (Å²) in [6.07, 6.45) is 4.19. The van der Waals surface area contributed by atoms with Crippen molar-refractivity contribution in [2.75, 3.05) is 26.2 Å². The Morgan fingerprint density at radius 3 is 2.29 bits per heavy atom. The first-order valence-corrected chi connectivity index (χ1v) is 12.5. The van der Waals surface area contributed by atoms with Crippen molar-refractivity contribution < 1.29 is 19.4 Å². The number of urea groups is 1. The van der Waals surface area contributed by atoms with Gasteiger partial charge in [0, 0.05) is 31.6 Å². The molecule has 3 N–H and O–H groups in total. The topological polar surface area (TPSA) is 83.1 Å². The van der Waals surface area contributed by atoms with Gasteiger partial charge in [0.25, 0.3) is 0 Å². The maximum absolute atomic E-state index is 11.7. The number of benzene rings is 2. The Morgan fingerprint density at radius 2 is 1.62 bits per heavy atom. The van der Waals surface area contributed by atoms with Crippen LogP contribution in [0.15, 0.2) is 48.5 Å². The van der Waals surface area contributed by atoms with Crippen molar-refractivity contribution in [3.63, 3.8) is 0 Å². The molecule has 3 unspecified atom stereocenters. The van der Waals surface area contributed by atoms with E-state index in [9.17, 15) is 9.90 Å². The van der Waals surface area contributed by atoms with Gasteiger partial charge in [-0.2, -0.15) is 0 Å². The summed E-state index contributed by atoms with van der Waals surface area (Å²) in [4.78, 5) is 14.2. The Morgan fingerprint density at radius 1 is 0.941 bits per heavy atom. The third-order valence-corrected chi connectivity index (χ3v) is 6.57. The van der Waals surface area contributed by atoms with Gasteiger partial charge in [0.15, 0.2) is 6.29 Å². The minimum Gasteiger partial charge on any atom is -0.392 e. The fourth-order valence-corrected chi connectivity index (χ4v) is 4.66. The summed E-state index contributed by atoms with van der Waals surface area (Å²) in [6, 6.07) is 15.9. The van der Waals surface area contributed by atoms with Crippen LogP contribution >= 0.6 is 0 Å². The molecule has 2 fully saturated rings. The normalized spacial score (nSPS) is 23.4. The van der Waals surface area contributed by atoms with Crippen molar-refractivity contribution in [2.45, 2.75) is 64.3 Å². The Hall–Kier alpha value is -2.45. The monoisotopic (exact) mass is 467 g/mol. The van der Waals surface area contributed by atoms with Crippen LogP contribution in [-0.4, -0.2) is 48.3 Å². The molecule has 2 aromatic rings. The molecular weight excluding hydrogens is 430 g/mol. The summed E-state index contributed by atoms with van der Waals surface area (Å²) < 4.78 is 12.9. The zero-order valence-corrected chi connectivity index (χ0v) is 20.0. The van der Waals surface area contributed by atoms with E-state index in [1.807, 2.05) is 55.5 Å². The Kier molecular flexibility index (Phi) is 8.93. The van der Waals surface area contributed by atoms with Gasteiger partial charge < -0.3 is 30.1 Å². The lowest BCUT2D eigenvalue weighted by Crippen LogP contribution is -2.41. The van der Waals surface area contributed by atoms with E-state index in [0.29, 0.717) is 13.1 Å². The van der Waals surface area contributed by atoms with Crippen LogP contribution in [0.2, 0.25) is 0 Å². The quantitative estimate of drug-likeness (QED) is 0.546. The summed E-state index contributed by atoms with van der Waals surface area (Å²) in [5.74, 6) is 0. The van der Waals surface area contributed by atoms with Crippen molar-refractivity contribution in [1.82, 2.24) is 15.5 Å². The number of nitrogens with one attached hydrogen (secondary N) is 2. The molecule has 2 heterocycles. The molecule has 7 nitrogen and oxygen atoms in total. The Labute approximate surface area is 202 Å². The van der Waals surface area contributed by atoms with Gasteiger partial charge in [-0.05, 0) is 49.5 Å². The highest BCUT2D eigenvalue weighted by molar-refractivity contribution is 5.73. The first kappa shape index (κ1) is 24.7. The molecule has 0 spiro atoms. The Balaban J connectivity index is 1.45. The summed E-state index contributed by atoms with van der Waals surface area (Å²) in [7, 11) is 0. The molecule has 2 aliphatic heterocycles. The minimum atomic E-state index is -0.448. The van der Waals surface area contributed by atoms with Gasteiger partial charge in [0.1, 0.15) is 0 Å². The van der Waals surface area contributed by atoms with Crippen LogP contribution in [0.3, 0.4) is 0 Å². The second-order valence-corrected chi connectivity index (χ2v) is 9.17. The standard InChI is InChI=1S/C27H37N3O4/c1-2-28-27(32)29-17-20-6-12-23(13-7-20)26-33-24(18-30-14-4-3-5-15-30)16-25(34-26)22-10-8-21(19-31)9-11-22/h6-13,24-26,31H,2-5,14-19H2,1H3,(H2,28,29,32). The molecule has 34 heavy (non-hydrogen) atoms. The fraction of sp³-hybridized carbons (Fsp3) is 0.519. The number of aliphatic hydroxyl groups excluding tert-OH is 1. The second kappa shape index (κ2) is 12.3. The summed E-state index contributed by atoms with van der Waals surface area (Å²) in [5, 5.41) is 15.0. The third-order valence-electron chi connectivity index (χ3n) is 6.57. The molecule has 2 aromatic carbocycles. The molecule has 0 aliphatic carbocycles. The fourth-order valence-electron chi connectivity index (χ4n) is 4.66. The van der Waals surface area contributed by atoms with Gasteiger partial charge >= 0.3 is 6.03 Å². The number of rotatable bonds is 8. The molecular formula is C27H37N3O4.